The molecule has 0 aliphatic carbocycles. The minimum Gasteiger partial charge on any atom is -0.325 e. The number of rotatable bonds is 6. The van der Waals surface area contributed by atoms with E-state index in [1.165, 1.54) is 12.1 Å². The van der Waals surface area contributed by atoms with Crippen molar-refractivity contribution < 1.29 is 17.6 Å². The van der Waals surface area contributed by atoms with Crippen LogP contribution < -0.4 is 5.32 Å². The molecule has 0 fully saturated rings. The Morgan fingerprint density at radius 2 is 1.72 bits per heavy atom. The van der Waals surface area contributed by atoms with Gasteiger partial charge in [0.2, 0.25) is 15.9 Å². The molecule has 2 aromatic rings. The molecule has 7 heteroatoms. The lowest BCUT2D eigenvalue weighted by molar-refractivity contribution is -0.116. The van der Waals surface area contributed by atoms with Gasteiger partial charge in [0.05, 0.1) is 11.4 Å². The first-order chi connectivity index (χ1) is 11.7. The van der Waals surface area contributed by atoms with E-state index in [-0.39, 0.29) is 18.0 Å². The van der Waals surface area contributed by atoms with Crippen molar-refractivity contribution in [1.29, 1.82) is 0 Å². The number of sulfonamides is 1. The van der Waals surface area contributed by atoms with Crippen LogP contribution in [0.15, 0.2) is 47.4 Å². The highest BCUT2D eigenvalue weighted by molar-refractivity contribution is 7.89. The number of benzene rings is 2. The molecule has 0 aliphatic heterocycles. The van der Waals surface area contributed by atoms with Gasteiger partial charge in [-0.25, -0.2) is 12.8 Å². The van der Waals surface area contributed by atoms with Gasteiger partial charge >= 0.3 is 0 Å². The topological polar surface area (TPSA) is 66.5 Å². The Bertz CT molecular complexity index is 864. The van der Waals surface area contributed by atoms with Crippen molar-refractivity contribution in [3.63, 3.8) is 0 Å². The SMILES string of the molecule is CCN(CC(=O)Nc1ccc(C)c(C)c1)S(=O)(=O)c1ccc(F)cc1. The van der Waals surface area contributed by atoms with Crippen LogP contribution in [0.5, 0.6) is 0 Å². The van der Waals surface area contributed by atoms with E-state index in [0.717, 1.165) is 27.6 Å². The minimum atomic E-state index is -3.86. The molecule has 0 heterocycles. The van der Waals surface area contributed by atoms with E-state index in [1.54, 1.807) is 13.0 Å². The highest BCUT2D eigenvalue weighted by Crippen LogP contribution is 2.17. The molecular weight excluding hydrogens is 343 g/mol. The van der Waals surface area contributed by atoms with E-state index in [0.29, 0.717) is 5.69 Å². The molecule has 0 saturated carbocycles. The second kappa shape index (κ2) is 7.76. The summed E-state index contributed by atoms with van der Waals surface area (Å²) in [6, 6.07) is 10.0. The summed E-state index contributed by atoms with van der Waals surface area (Å²) in [6.45, 7) is 5.35. The number of amides is 1. The zero-order valence-electron chi connectivity index (χ0n) is 14.4. The van der Waals surface area contributed by atoms with Crippen molar-refractivity contribution in [2.24, 2.45) is 0 Å². The number of carbonyl (C=O) groups is 1. The van der Waals surface area contributed by atoms with E-state index in [2.05, 4.69) is 5.32 Å². The Labute approximate surface area is 147 Å². The van der Waals surface area contributed by atoms with Crippen LogP contribution in [0, 0.1) is 19.7 Å². The molecule has 0 spiro atoms. The van der Waals surface area contributed by atoms with Crippen LogP contribution in [0.1, 0.15) is 18.1 Å². The van der Waals surface area contributed by atoms with Gasteiger partial charge in [0.15, 0.2) is 0 Å². The van der Waals surface area contributed by atoms with Gasteiger partial charge in [-0.3, -0.25) is 4.79 Å². The quantitative estimate of drug-likeness (QED) is 0.856. The average Bonchev–Trinajstić information content (AvgIpc) is 2.56. The first-order valence-corrected chi connectivity index (χ1v) is 9.31. The maximum Gasteiger partial charge on any atom is 0.243 e. The molecule has 1 N–H and O–H groups in total. The van der Waals surface area contributed by atoms with Gasteiger partial charge in [0.25, 0.3) is 0 Å². The highest BCUT2D eigenvalue weighted by Gasteiger charge is 2.25. The summed E-state index contributed by atoms with van der Waals surface area (Å²) < 4.78 is 39.2. The van der Waals surface area contributed by atoms with Gasteiger partial charge in [-0.15, -0.1) is 0 Å². The van der Waals surface area contributed by atoms with Crippen molar-refractivity contribution in [1.82, 2.24) is 4.31 Å². The maximum absolute atomic E-state index is 13.0. The lowest BCUT2D eigenvalue weighted by atomic mass is 10.1. The summed E-state index contributed by atoms with van der Waals surface area (Å²) in [4.78, 5) is 12.2. The van der Waals surface area contributed by atoms with Crippen LogP contribution in [0.4, 0.5) is 10.1 Å². The number of halogens is 1. The van der Waals surface area contributed by atoms with Gasteiger partial charge < -0.3 is 5.32 Å². The monoisotopic (exact) mass is 364 g/mol. The Balaban J connectivity index is 2.13. The molecule has 0 bridgehead atoms. The lowest BCUT2D eigenvalue weighted by Crippen LogP contribution is -2.37. The summed E-state index contributed by atoms with van der Waals surface area (Å²) in [5.74, 6) is -0.953. The number of hydrogen-bond acceptors (Lipinski definition) is 3. The van der Waals surface area contributed by atoms with E-state index in [1.807, 2.05) is 26.0 Å². The lowest BCUT2D eigenvalue weighted by Gasteiger charge is -2.20. The maximum atomic E-state index is 13.0. The highest BCUT2D eigenvalue weighted by atomic mass is 32.2. The average molecular weight is 364 g/mol. The van der Waals surface area contributed by atoms with Crippen LogP contribution >= 0.6 is 0 Å². The molecule has 0 radical (unpaired) electrons. The number of nitrogens with zero attached hydrogens (tertiary/aromatic N) is 1. The van der Waals surface area contributed by atoms with E-state index in [4.69, 9.17) is 0 Å². The second-order valence-corrected chi connectivity index (χ2v) is 7.67. The Hall–Kier alpha value is -2.25. The van der Waals surface area contributed by atoms with Crippen LogP contribution in [-0.4, -0.2) is 31.7 Å². The smallest absolute Gasteiger partial charge is 0.243 e. The molecule has 0 aromatic heterocycles. The second-order valence-electron chi connectivity index (χ2n) is 5.73. The number of anilines is 1. The van der Waals surface area contributed by atoms with E-state index < -0.39 is 21.7 Å². The van der Waals surface area contributed by atoms with Crippen LogP contribution in [-0.2, 0) is 14.8 Å². The fourth-order valence-corrected chi connectivity index (χ4v) is 3.71. The fraction of sp³-hybridized carbons (Fsp3) is 0.278. The molecule has 25 heavy (non-hydrogen) atoms. The van der Waals surface area contributed by atoms with Gasteiger partial charge in [0, 0.05) is 12.2 Å². The third kappa shape index (κ3) is 4.64. The molecule has 2 aromatic carbocycles. The molecule has 2 rings (SSSR count). The van der Waals surface area contributed by atoms with E-state index >= 15 is 0 Å². The Morgan fingerprint density at radius 1 is 1.08 bits per heavy atom. The summed E-state index contributed by atoms with van der Waals surface area (Å²) >= 11 is 0. The number of aryl methyl sites for hydroxylation is 2. The predicted molar refractivity (Wildman–Crippen MR) is 95.4 cm³/mol. The van der Waals surface area contributed by atoms with Crippen molar-refractivity contribution >= 4 is 21.6 Å². The number of likely N-dealkylation sites (N-methyl/N-ethyl adjacent to an activating group) is 1. The first kappa shape index (κ1) is 19.1. The van der Waals surface area contributed by atoms with Crippen LogP contribution in [0.25, 0.3) is 0 Å². The summed E-state index contributed by atoms with van der Waals surface area (Å²) in [5.41, 5.74) is 2.75. The number of hydrogen-bond donors (Lipinski definition) is 1. The zero-order chi connectivity index (χ0) is 18.6. The van der Waals surface area contributed by atoms with Crippen LogP contribution in [0.2, 0.25) is 0 Å². The number of nitrogens with one attached hydrogen (secondary N) is 1. The summed E-state index contributed by atoms with van der Waals surface area (Å²) in [6.07, 6.45) is 0. The predicted octanol–water partition coefficient (Wildman–Crippen LogP) is 3.09. The third-order valence-electron chi connectivity index (χ3n) is 3.91. The molecule has 1 amide bonds. The molecule has 0 aliphatic rings. The number of carbonyl (C=O) groups excluding carboxylic acids is 1. The van der Waals surface area contributed by atoms with Crippen molar-refractivity contribution in [3.05, 3.63) is 59.4 Å². The van der Waals surface area contributed by atoms with Crippen molar-refractivity contribution in [2.45, 2.75) is 25.7 Å². The van der Waals surface area contributed by atoms with Gasteiger partial charge in [0.1, 0.15) is 5.82 Å². The molecule has 0 saturated heterocycles. The molecule has 0 unspecified atom stereocenters. The Morgan fingerprint density at radius 3 is 2.28 bits per heavy atom. The minimum absolute atomic E-state index is 0.0465. The normalized spacial score (nSPS) is 11.6. The van der Waals surface area contributed by atoms with Gasteiger partial charge in [-0.2, -0.15) is 4.31 Å². The van der Waals surface area contributed by atoms with Crippen molar-refractivity contribution in [3.8, 4) is 0 Å². The molecule has 5 nitrogen and oxygen atoms in total. The first-order valence-electron chi connectivity index (χ1n) is 7.87. The molecular formula is C18H21FN2O3S. The fourth-order valence-electron chi connectivity index (χ4n) is 2.30. The summed E-state index contributed by atoms with van der Waals surface area (Å²) in [5, 5.41) is 2.70. The van der Waals surface area contributed by atoms with Crippen molar-refractivity contribution in [2.75, 3.05) is 18.4 Å². The van der Waals surface area contributed by atoms with Gasteiger partial charge in [-0.05, 0) is 61.4 Å². The largest absolute Gasteiger partial charge is 0.325 e. The zero-order valence-corrected chi connectivity index (χ0v) is 15.2. The Kier molecular flexibility index (Phi) is 5.92. The standard InChI is InChI=1S/C18H21FN2O3S/c1-4-21(25(23,24)17-9-6-15(19)7-10-17)12-18(22)20-16-8-5-13(2)14(3)11-16/h5-11H,4,12H2,1-3H3,(H,20,22). The third-order valence-corrected chi connectivity index (χ3v) is 5.85. The van der Waals surface area contributed by atoms with E-state index in [9.17, 15) is 17.6 Å². The van der Waals surface area contributed by atoms with Crippen LogP contribution in [0.3, 0.4) is 0 Å². The molecule has 0 atom stereocenters. The summed E-state index contributed by atoms with van der Waals surface area (Å²) in [7, 11) is -3.86. The van der Waals surface area contributed by atoms with Gasteiger partial charge in [-0.1, -0.05) is 13.0 Å². The molecule has 134 valence electrons.